The summed E-state index contributed by atoms with van der Waals surface area (Å²) in [7, 11) is 0. The van der Waals surface area contributed by atoms with Gasteiger partial charge < -0.3 is 10.1 Å². The van der Waals surface area contributed by atoms with Crippen molar-refractivity contribution in [2.45, 2.75) is 24.9 Å². The molecule has 3 nitrogen and oxygen atoms in total. The lowest BCUT2D eigenvalue weighted by Gasteiger charge is -2.37. The van der Waals surface area contributed by atoms with E-state index in [4.69, 9.17) is 4.74 Å². The molecule has 1 aromatic rings. The van der Waals surface area contributed by atoms with Gasteiger partial charge >= 0.3 is 5.97 Å². The second-order valence-corrected chi connectivity index (χ2v) is 5.15. The summed E-state index contributed by atoms with van der Waals surface area (Å²) in [6, 6.07) is 6.22. The topological polar surface area (TPSA) is 38.3 Å². The van der Waals surface area contributed by atoms with Crippen LogP contribution in [0.2, 0.25) is 0 Å². The first kappa shape index (κ1) is 14.3. The summed E-state index contributed by atoms with van der Waals surface area (Å²) in [4.78, 5) is 11.8. The van der Waals surface area contributed by atoms with Crippen molar-refractivity contribution < 1.29 is 13.9 Å². The number of thiol groups is 1. The molecule has 1 N–H and O–H groups in total. The Bertz CT molecular complexity index is 430. The molecule has 104 valence electrons. The van der Waals surface area contributed by atoms with Gasteiger partial charge in [0.25, 0.3) is 0 Å². The Morgan fingerprint density at radius 1 is 1.32 bits per heavy atom. The van der Waals surface area contributed by atoms with Crippen molar-refractivity contribution in [1.29, 1.82) is 0 Å². The summed E-state index contributed by atoms with van der Waals surface area (Å²) in [5, 5.41) is 3.25. The highest BCUT2D eigenvalue weighted by Crippen LogP contribution is 2.35. The van der Waals surface area contributed by atoms with E-state index in [1.807, 2.05) is 0 Å². The van der Waals surface area contributed by atoms with Crippen LogP contribution < -0.4 is 5.32 Å². The smallest absolute Gasteiger partial charge is 0.307 e. The van der Waals surface area contributed by atoms with E-state index in [1.54, 1.807) is 12.1 Å². The minimum Gasteiger partial charge on any atom is -0.454 e. The van der Waals surface area contributed by atoms with Gasteiger partial charge in [0.05, 0.1) is 6.42 Å². The Balaban J connectivity index is 2.23. The molecule has 1 fully saturated rings. The van der Waals surface area contributed by atoms with Crippen LogP contribution in [0.4, 0.5) is 4.39 Å². The summed E-state index contributed by atoms with van der Waals surface area (Å²) >= 11 is 4.04. The van der Waals surface area contributed by atoms with Crippen LogP contribution in [-0.4, -0.2) is 24.8 Å². The highest BCUT2D eigenvalue weighted by atomic mass is 32.1. The van der Waals surface area contributed by atoms with E-state index in [0.717, 1.165) is 18.7 Å². The van der Waals surface area contributed by atoms with Crippen LogP contribution in [0.1, 0.15) is 24.8 Å². The van der Waals surface area contributed by atoms with E-state index in [9.17, 15) is 9.18 Å². The zero-order valence-corrected chi connectivity index (χ0v) is 11.6. The Hall–Kier alpha value is -1.07. The summed E-state index contributed by atoms with van der Waals surface area (Å²) in [6.07, 6.45) is 1.70. The van der Waals surface area contributed by atoms with E-state index in [2.05, 4.69) is 17.9 Å². The zero-order chi connectivity index (χ0) is 13.7. The second-order valence-electron chi connectivity index (χ2n) is 4.70. The fourth-order valence-corrected chi connectivity index (χ4v) is 2.58. The predicted octanol–water partition coefficient (Wildman–Crippen LogP) is 2.27. The normalized spacial score (nSPS) is 18.0. The zero-order valence-electron chi connectivity index (χ0n) is 10.7. The molecule has 1 heterocycles. The quantitative estimate of drug-likeness (QED) is 0.657. The molecular formula is C14H18FNO2S. The average molecular weight is 283 g/mol. The summed E-state index contributed by atoms with van der Waals surface area (Å²) in [5.74, 6) is -0.0629. The minimum absolute atomic E-state index is 0.249. The molecular weight excluding hydrogens is 265 g/mol. The van der Waals surface area contributed by atoms with Gasteiger partial charge in [0.15, 0.2) is 0 Å². The van der Waals surface area contributed by atoms with Crippen molar-refractivity contribution in [3.8, 4) is 0 Å². The van der Waals surface area contributed by atoms with Crippen molar-refractivity contribution in [2.24, 2.45) is 0 Å². The van der Waals surface area contributed by atoms with Gasteiger partial charge in [-0.1, -0.05) is 12.1 Å². The molecule has 0 spiro atoms. The first-order chi connectivity index (χ1) is 9.16. The predicted molar refractivity (Wildman–Crippen MR) is 74.7 cm³/mol. The van der Waals surface area contributed by atoms with E-state index in [0.29, 0.717) is 25.0 Å². The molecule has 0 unspecified atom stereocenters. The molecule has 0 aliphatic carbocycles. The standard InChI is InChI=1S/C14H18FNO2S/c15-12-3-1-11(2-4-12)14(6-8-16-9-7-14)18-13(17)5-10-19/h1-4,16,19H,5-10H2. The van der Waals surface area contributed by atoms with Gasteiger partial charge in [-0.2, -0.15) is 12.6 Å². The SMILES string of the molecule is O=C(CCS)OC1(c2ccc(F)cc2)CCNCC1. The van der Waals surface area contributed by atoms with Crippen molar-refractivity contribution in [3.63, 3.8) is 0 Å². The van der Waals surface area contributed by atoms with Crippen LogP contribution in [0.3, 0.4) is 0 Å². The Kier molecular flexibility index (Phi) is 4.82. The van der Waals surface area contributed by atoms with E-state index in [-0.39, 0.29) is 11.8 Å². The molecule has 5 heteroatoms. The lowest BCUT2D eigenvalue weighted by atomic mass is 9.84. The number of piperidine rings is 1. The van der Waals surface area contributed by atoms with Crippen LogP contribution in [-0.2, 0) is 15.1 Å². The van der Waals surface area contributed by atoms with Crippen molar-refractivity contribution in [2.75, 3.05) is 18.8 Å². The van der Waals surface area contributed by atoms with Crippen LogP contribution in [0, 0.1) is 5.82 Å². The van der Waals surface area contributed by atoms with Gasteiger partial charge in [-0.25, -0.2) is 4.39 Å². The molecule has 2 rings (SSSR count). The maximum atomic E-state index is 13.0. The molecule has 1 saturated heterocycles. The van der Waals surface area contributed by atoms with Gasteiger partial charge in [0, 0.05) is 18.6 Å². The number of esters is 1. The van der Waals surface area contributed by atoms with E-state index in [1.165, 1.54) is 12.1 Å². The van der Waals surface area contributed by atoms with Crippen LogP contribution >= 0.6 is 12.6 Å². The number of nitrogens with one attached hydrogen (secondary N) is 1. The molecule has 0 amide bonds. The maximum absolute atomic E-state index is 13.0. The minimum atomic E-state index is -0.626. The van der Waals surface area contributed by atoms with Gasteiger partial charge in [-0.15, -0.1) is 0 Å². The summed E-state index contributed by atoms with van der Waals surface area (Å²) < 4.78 is 18.7. The number of ether oxygens (including phenoxy) is 1. The molecule has 1 aliphatic rings. The lowest BCUT2D eigenvalue weighted by molar-refractivity contribution is -0.163. The molecule has 1 aromatic carbocycles. The number of benzene rings is 1. The molecule has 0 bridgehead atoms. The maximum Gasteiger partial charge on any atom is 0.307 e. The largest absolute Gasteiger partial charge is 0.454 e. The van der Waals surface area contributed by atoms with E-state index >= 15 is 0 Å². The van der Waals surface area contributed by atoms with Crippen molar-refractivity contribution in [1.82, 2.24) is 5.32 Å². The number of carbonyl (C=O) groups excluding carboxylic acids is 1. The molecule has 19 heavy (non-hydrogen) atoms. The first-order valence-electron chi connectivity index (χ1n) is 6.46. The highest BCUT2D eigenvalue weighted by Gasteiger charge is 2.37. The molecule has 0 atom stereocenters. The number of hydrogen-bond donors (Lipinski definition) is 2. The van der Waals surface area contributed by atoms with Gasteiger partial charge in [0.2, 0.25) is 0 Å². The Morgan fingerprint density at radius 3 is 2.53 bits per heavy atom. The number of rotatable bonds is 4. The molecule has 1 aliphatic heterocycles. The van der Waals surface area contributed by atoms with Crippen LogP contribution in [0.5, 0.6) is 0 Å². The third kappa shape index (κ3) is 3.48. The number of carbonyl (C=O) groups is 1. The van der Waals surface area contributed by atoms with Crippen LogP contribution in [0.15, 0.2) is 24.3 Å². The van der Waals surface area contributed by atoms with Gasteiger partial charge in [-0.3, -0.25) is 4.79 Å². The van der Waals surface area contributed by atoms with Gasteiger partial charge in [-0.05, 0) is 30.8 Å². The fraction of sp³-hybridized carbons (Fsp3) is 0.500. The monoisotopic (exact) mass is 283 g/mol. The molecule has 0 aromatic heterocycles. The molecule has 0 saturated carbocycles. The fourth-order valence-electron chi connectivity index (χ4n) is 2.39. The van der Waals surface area contributed by atoms with Crippen molar-refractivity contribution >= 4 is 18.6 Å². The van der Waals surface area contributed by atoms with E-state index < -0.39 is 5.60 Å². The third-order valence-electron chi connectivity index (χ3n) is 3.41. The second kappa shape index (κ2) is 6.39. The first-order valence-corrected chi connectivity index (χ1v) is 7.09. The average Bonchev–Trinajstić information content (AvgIpc) is 2.40. The van der Waals surface area contributed by atoms with Gasteiger partial charge in [0.1, 0.15) is 11.4 Å². The Morgan fingerprint density at radius 2 is 1.95 bits per heavy atom. The van der Waals surface area contributed by atoms with Crippen molar-refractivity contribution in [3.05, 3.63) is 35.6 Å². The third-order valence-corrected chi connectivity index (χ3v) is 3.63. The number of hydrogen-bond acceptors (Lipinski definition) is 4. The Labute approximate surface area is 117 Å². The highest BCUT2D eigenvalue weighted by molar-refractivity contribution is 7.80. The van der Waals surface area contributed by atoms with Crippen LogP contribution in [0.25, 0.3) is 0 Å². The molecule has 0 radical (unpaired) electrons. The number of halogens is 1. The summed E-state index contributed by atoms with van der Waals surface area (Å²) in [6.45, 7) is 1.57. The summed E-state index contributed by atoms with van der Waals surface area (Å²) in [5.41, 5.74) is 0.238. The lowest BCUT2D eigenvalue weighted by Crippen LogP contribution is -2.43.